The third kappa shape index (κ3) is 4.93. The number of amides is 2. The zero-order valence-electron chi connectivity index (χ0n) is 14.9. The third-order valence-electron chi connectivity index (χ3n) is 3.73. The highest BCUT2D eigenvalue weighted by atomic mass is 35.5. The number of hydrogen-bond donors (Lipinski definition) is 2. The summed E-state index contributed by atoms with van der Waals surface area (Å²) in [4.78, 5) is 21.9. The van der Waals surface area contributed by atoms with E-state index in [-0.39, 0.29) is 34.6 Å². The van der Waals surface area contributed by atoms with Gasteiger partial charge >= 0.3 is 12.0 Å². The zero-order valence-corrected chi connectivity index (χ0v) is 15.6. The number of benzene rings is 1. The van der Waals surface area contributed by atoms with Gasteiger partial charge in [0, 0.05) is 5.69 Å². The third-order valence-corrected chi connectivity index (χ3v) is 4.02. The lowest BCUT2D eigenvalue weighted by Crippen LogP contribution is -2.34. The van der Waals surface area contributed by atoms with Gasteiger partial charge in [0.15, 0.2) is 0 Å². The minimum Gasteiger partial charge on any atom is -0.467 e. The number of methoxy groups -OCH3 is 1. The maximum absolute atomic E-state index is 13.3. The van der Waals surface area contributed by atoms with Gasteiger partial charge in [-0.15, -0.1) is 0 Å². The molecule has 0 atom stereocenters. The van der Waals surface area contributed by atoms with Crippen molar-refractivity contribution in [1.29, 1.82) is 0 Å². The number of aromatic nitrogens is 4. The molecule has 3 aromatic rings. The maximum atomic E-state index is 13.3. The summed E-state index contributed by atoms with van der Waals surface area (Å²) in [6.45, 7) is -0.143. The van der Waals surface area contributed by atoms with E-state index >= 15 is 0 Å². The first-order chi connectivity index (χ1) is 13.9. The van der Waals surface area contributed by atoms with Crippen LogP contribution >= 0.6 is 11.6 Å². The van der Waals surface area contributed by atoms with E-state index in [0.717, 1.165) is 12.1 Å². The molecule has 0 aliphatic rings. The topological polar surface area (TPSA) is 96.0 Å². The summed E-state index contributed by atoms with van der Waals surface area (Å²) in [5.41, 5.74) is 0.295. The highest BCUT2D eigenvalue weighted by Crippen LogP contribution is 2.23. The van der Waals surface area contributed by atoms with Crippen LogP contribution in [0.5, 0.6) is 6.01 Å². The van der Waals surface area contributed by atoms with Crippen molar-refractivity contribution in [2.45, 2.75) is 13.0 Å². The first kappa shape index (κ1) is 20.4. The average Bonchev–Trinajstić information content (AvgIpc) is 3.18. The fraction of sp³-hybridized carbons (Fsp3) is 0.176. The van der Waals surface area contributed by atoms with E-state index < -0.39 is 24.0 Å². The number of halogens is 4. The Bertz CT molecular complexity index is 999. The molecular weight excluding hydrogens is 413 g/mol. The minimum absolute atomic E-state index is 0.0842. The highest BCUT2D eigenvalue weighted by Gasteiger charge is 2.20. The van der Waals surface area contributed by atoms with E-state index in [2.05, 4.69) is 25.5 Å². The van der Waals surface area contributed by atoms with Crippen molar-refractivity contribution in [2.75, 3.05) is 17.3 Å². The van der Waals surface area contributed by atoms with Crippen molar-refractivity contribution in [1.82, 2.24) is 20.2 Å². The number of alkyl halides is 2. The van der Waals surface area contributed by atoms with Gasteiger partial charge in [-0.3, -0.25) is 10.00 Å². The van der Waals surface area contributed by atoms with E-state index in [9.17, 15) is 18.0 Å². The molecule has 0 saturated heterocycles. The summed E-state index contributed by atoms with van der Waals surface area (Å²) < 4.78 is 43.8. The van der Waals surface area contributed by atoms with Gasteiger partial charge < -0.3 is 10.1 Å². The van der Waals surface area contributed by atoms with Crippen molar-refractivity contribution < 1.29 is 22.7 Å². The van der Waals surface area contributed by atoms with Gasteiger partial charge in [0.2, 0.25) is 0 Å². The molecule has 2 N–H and O–H groups in total. The van der Waals surface area contributed by atoms with E-state index in [1.165, 1.54) is 36.5 Å². The number of ether oxygens (including phenoxy) is 1. The molecule has 2 heterocycles. The Balaban J connectivity index is 1.87. The zero-order chi connectivity index (χ0) is 21.0. The lowest BCUT2D eigenvalue weighted by Gasteiger charge is -2.22. The Morgan fingerprint density at radius 1 is 1.31 bits per heavy atom. The number of aromatic amines is 1. The summed E-state index contributed by atoms with van der Waals surface area (Å²) in [5, 5.41) is 8.35. The molecule has 0 unspecified atom stereocenters. The van der Waals surface area contributed by atoms with Crippen LogP contribution < -0.4 is 15.0 Å². The van der Waals surface area contributed by atoms with E-state index in [0.29, 0.717) is 0 Å². The quantitative estimate of drug-likeness (QED) is 0.616. The molecule has 0 bridgehead atoms. The van der Waals surface area contributed by atoms with Crippen molar-refractivity contribution in [3.8, 4) is 6.01 Å². The van der Waals surface area contributed by atoms with Gasteiger partial charge in [-0.1, -0.05) is 11.6 Å². The largest absolute Gasteiger partial charge is 0.467 e. The average molecular weight is 427 g/mol. The Morgan fingerprint density at radius 2 is 2.03 bits per heavy atom. The molecular formula is C17H14ClF3N6O2. The number of hydrogen-bond acceptors (Lipinski definition) is 5. The van der Waals surface area contributed by atoms with Crippen LogP contribution in [0.2, 0.25) is 5.02 Å². The molecule has 0 saturated carbocycles. The molecule has 0 fully saturated rings. The summed E-state index contributed by atoms with van der Waals surface area (Å²) in [5.74, 6) is -0.637. The van der Waals surface area contributed by atoms with Crippen molar-refractivity contribution in [2.24, 2.45) is 0 Å². The van der Waals surface area contributed by atoms with Crippen LogP contribution in [0.4, 0.5) is 29.3 Å². The van der Waals surface area contributed by atoms with Crippen LogP contribution in [-0.4, -0.2) is 33.3 Å². The maximum Gasteiger partial charge on any atom is 0.326 e. The summed E-state index contributed by atoms with van der Waals surface area (Å²) in [7, 11) is 1.38. The Hall–Kier alpha value is -3.34. The monoisotopic (exact) mass is 426 g/mol. The van der Waals surface area contributed by atoms with Crippen molar-refractivity contribution in [3.05, 3.63) is 58.9 Å². The van der Waals surface area contributed by atoms with Crippen molar-refractivity contribution in [3.63, 3.8) is 0 Å². The number of anilines is 2. The molecule has 12 heteroatoms. The highest BCUT2D eigenvalue weighted by molar-refractivity contribution is 6.31. The predicted molar refractivity (Wildman–Crippen MR) is 98.7 cm³/mol. The number of carbonyl (C=O) groups is 1. The Labute approximate surface area is 167 Å². The van der Waals surface area contributed by atoms with Gasteiger partial charge in [0.1, 0.15) is 11.5 Å². The van der Waals surface area contributed by atoms with Crippen LogP contribution in [0.15, 0.2) is 36.7 Å². The Kier molecular flexibility index (Phi) is 6.17. The molecule has 2 aromatic heterocycles. The van der Waals surface area contributed by atoms with Crippen LogP contribution in [0.25, 0.3) is 0 Å². The fourth-order valence-electron chi connectivity index (χ4n) is 2.34. The molecule has 0 radical (unpaired) electrons. The van der Waals surface area contributed by atoms with Gasteiger partial charge in [0.05, 0.1) is 42.5 Å². The van der Waals surface area contributed by atoms with E-state index in [1.807, 2.05) is 0 Å². The standard InChI is InChI=1S/C17H14ClF3N6O2/c1-29-16-22-6-11(7-23-16)27(8-10-5-14(15(20)21)26-25-10)17(28)24-9-2-3-13(19)12(18)4-9/h2-7,15H,8H2,1H3,(H,24,28)(H,25,26). The van der Waals surface area contributed by atoms with Crippen LogP contribution in [-0.2, 0) is 6.54 Å². The predicted octanol–water partition coefficient (Wildman–Crippen LogP) is 4.18. The molecule has 3 rings (SSSR count). The van der Waals surface area contributed by atoms with Gasteiger partial charge in [-0.2, -0.15) is 5.10 Å². The summed E-state index contributed by atoms with van der Waals surface area (Å²) >= 11 is 5.73. The number of urea groups is 1. The second-order valence-corrected chi connectivity index (χ2v) is 6.10. The first-order valence-corrected chi connectivity index (χ1v) is 8.47. The summed E-state index contributed by atoms with van der Waals surface area (Å²) in [6, 6.07) is 4.23. The molecule has 0 aliphatic heterocycles. The lowest BCUT2D eigenvalue weighted by molar-refractivity contribution is 0.146. The van der Waals surface area contributed by atoms with E-state index in [4.69, 9.17) is 16.3 Å². The number of nitrogens with zero attached hydrogens (tertiary/aromatic N) is 4. The first-order valence-electron chi connectivity index (χ1n) is 8.09. The normalized spacial score (nSPS) is 10.8. The minimum atomic E-state index is -2.76. The van der Waals surface area contributed by atoms with E-state index in [1.54, 1.807) is 0 Å². The van der Waals surface area contributed by atoms with Crippen LogP contribution in [0.3, 0.4) is 0 Å². The fourth-order valence-corrected chi connectivity index (χ4v) is 2.52. The molecule has 2 amide bonds. The molecule has 8 nitrogen and oxygen atoms in total. The van der Waals surface area contributed by atoms with Gasteiger partial charge in [0.25, 0.3) is 6.43 Å². The van der Waals surface area contributed by atoms with Gasteiger partial charge in [-0.25, -0.2) is 27.9 Å². The van der Waals surface area contributed by atoms with Gasteiger partial charge in [-0.05, 0) is 24.3 Å². The molecule has 152 valence electrons. The van der Waals surface area contributed by atoms with Crippen molar-refractivity contribution >= 4 is 29.0 Å². The van der Waals surface area contributed by atoms with Crippen LogP contribution in [0, 0.1) is 5.82 Å². The molecule has 0 spiro atoms. The number of nitrogens with one attached hydrogen (secondary N) is 2. The smallest absolute Gasteiger partial charge is 0.326 e. The molecule has 29 heavy (non-hydrogen) atoms. The number of rotatable bonds is 6. The number of carbonyl (C=O) groups excluding carboxylic acids is 1. The number of H-pyrrole nitrogens is 1. The second-order valence-electron chi connectivity index (χ2n) is 5.69. The lowest BCUT2D eigenvalue weighted by atomic mass is 10.3. The van der Waals surface area contributed by atoms with Crippen LogP contribution in [0.1, 0.15) is 17.8 Å². The SMILES string of the molecule is COc1ncc(N(Cc2cc(C(F)F)n[nH]2)C(=O)Nc2ccc(F)c(Cl)c2)cn1. The molecule has 1 aromatic carbocycles. The Morgan fingerprint density at radius 3 is 2.62 bits per heavy atom. The second kappa shape index (κ2) is 8.78. The summed E-state index contributed by atoms with van der Waals surface area (Å²) in [6.07, 6.45) is -0.103. The molecule has 0 aliphatic carbocycles.